The van der Waals surface area contributed by atoms with Crippen molar-refractivity contribution in [1.29, 1.82) is 0 Å². The fraction of sp³-hybridized carbons (Fsp3) is 0.143. The van der Waals surface area contributed by atoms with Gasteiger partial charge in [-0.1, -0.05) is 24.3 Å². The first-order valence-corrected chi connectivity index (χ1v) is 5.71. The van der Waals surface area contributed by atoms with Crippen LogP contribution in [0.2, 0.25) is 0 Å². The lowest BCUT2D eigenvalue weighted by Gasteiger charge is -2.12. The lowest BCUT2D eigenvalue weighted by Crippen LogP contribution is -2.07. The van der Waals surface area contributed by atoms with Gasteiger partial charge in [0.2, 0.25) is 0 Å². The fourth-order valence-electron chi connectivity index (χ4n) is 1.82. The molecule has 0 bridgehead atoms. The maximum Gasteiger partial charge on any atom is 0.417 e. The third kappa shape index (κ3) is 3.14. The molecule has 2 aromatic rings. The quantitative estimate of drug-likeness (QED) is 0.938. The zero-order valence-electron chi connectivity index (χ0n) is 10.2. The predicted molar refractivity (Wildman–Crippen MR) is 66.0 cm³/mol. The van der Waals surface area contributed by atoms with Crippen molar-refractivity contribution in [1.82, 2.24) is 4.98 Å². The van der Waals surface area contributed by atoms with E-state index in [1.807, 2.05) is 0 Å². The Morgan fingerprint density at radius 1 is 1.15 bits per heavy atom. The van der Waals surface area contributed by atoms with Gasteiger partial charge in [0.25, 0.3) is 0 Å². The highest BCUT2D eigenvalue weighted by molar-refractivity contribution is 5.70. The third-order valence-corrected chi connectivity index (χ3v) is 2.69. The van der Waals surface area contributed by atoms with Crippen LogP contribution in [0.3, 0.4) is 0 Å². The summed E-state index contributed by atoms with van der Waals surface area (Å²) in [5.74, 6) is -1.02. The second kappa shape index (κ2) is 5.32. The van der Waals surface area contributed by atoms with E-state index in [9.17, 15) is 18.0 Å². The maximum absolute atomic E-state index is 12.9. The molecule has 0 saturated carbocycles. The summed E-state index contributed by atoms with van der Waals surface area (Å²) in [6.45, 7) is 0. The van der Waals surface area contributed by atoms with Gasteiger partial charge in [-0.3, -0.25) is 9.78 Å². The number of aromatic nitrogens is 1. The summed E-state index contributed by atoms with van der Waals surface area (Å²) >= 11 is 0. The molecule has 104 valence electrons. The van der Waals surface area contributed by atoms with Gasteiger partial charge in [-0.15, -0.1) is 0 Å². The third-order valence-electron chi connectivity index (χ3n) is 2.69. The second-order valence-electron chi connectivity index (χ2n) is 4.17. The van der Waals surface area contributed by atoms with Crippen molar-refractivity contribution in [2.45, 2.75) is 12.6 Å². The highest BCUT2D eigenvalue weighted by Gasteiger charge is 2.33. The number of alkyl halides is 3. The second-order valence-corrected chi connectivity index (χ2v) is 4.17. The van der Waals surface area contributed by atoms with E-state index < -0.39 is 17.7 Å². The minimum absolute atomic E-state index is 0.0260. The zero-order valence-corrected chi connectivity index (χ0v) is 10.2. The number of halogens is 3. The largest absolute Gasteiger partial charge is 0.481 e. The van der Waals surface area contributed by atoms with E-state index in [0.29, 0.717) is 5.56 Å². The van der Waals surface area contributed by atoms with Crippen molar-refractivity contribution >= 4 is 5.97 Å². The first-order valence-electron chi connectivity index (χ1n) is 5.71. The number of carbonyl (C=O) groups is 1. The van der Waals surface area contributed by atoms with Crippen LogP contribution in [0.4, 0.5) is 13.2 Å². The molecule has 1 aromatic carbocycles. The Kier molecular flexibility index (Phi) is 3.74. The number of hydrogen-bond donors (Lipinski definition) is 1. The van der Waals surface area contributed by atoms with Crippen LogP contribution in [-0.4, -0.2) is 16.1 Å². The van der Waals surface area contributed by atoms with E-state index in [1.54, 1.807) is 0 Å². The molecule has 20 heavy (non-hydrogen) atoms. The monoisotopic (exact) mass is 281 g/mol. The molecule has 0 aliphatic carbocycles. The standard InChI is InChI=1S/C14H10F3NO2/c15-14(16,17)11-4-2-1-3-10(11)12-6-5-9(8-18-12)7-13(19)20/h1-6,8H,7H2,(H,19,20). The van der Waals surface area contributed by atoms with Gasteiger partial charge in [-0.05, 0) is 17.7 Å². The summed E-state index contributed by atoms with van der Waals surface area (Å²) < 4.78 is 38.6. The van der Waals surface area contributed by atoms with E-state index in [-0.39, 0.29) is 17.7 Å². The number of hydrogen-bond acceptors (Lipinski definition) is 2. The highest BCUT2D eigenvalue weighted by Crippen LogP contribution is 2.36. The van der Waals surface area contributed by atoms with Gasteiger partial charge in [-0.25, -0.2) is 0 Å². The van der Waals surface area contributed by atoms with E-state index in [0.717, 1.165) is 6.07 Å². The van der Waals surface area contributed by atoms with Crippen LogP contribution in [0.25, 0.3) is 11.3 Å². The van der Waals surface area contributed by atoms with Crippen LogP contribution in [0.5, 0.6) is 0 Å². The minimum atomic E-state index is -4.46. The molecule has 1 N–H and O–H groups in total. The number of carboxylic acids is 1. The number of nitrogens with zero attached hydrogens (tertiary/aromatic N) is 1. The predicted octanol–water partition coefficient (Wildman–Crippen LogP) is 3.39. The van der Waals surface area contributed by atoms with Crippen molar-refractivity contribution in [2.24, 2.45) is 0 Å². The summed E-state index contributed by atoms with van der Waals surface area (Å²) in [5.41, 5.74) is -0.196. The Hall–Kier alpha value is -2.37. The summed E-state index contributed by atoms with van der Waals surface area (Å²) in [7, 11) is 0. The Morgan fingerprint density at radius 2 is 1.85 bits per heavy atom. The van der Waals surface area contributed by atoms with E-state index in [4.69, 9.17) is 5.11 Å². The topological polar surface area (TPSA) is 50.2 Å². The van der Waals surface area contributed by atoms with Gasteiger partial charge < -0.3 is 5.11 Å². The molecule has 0 spiro atoms. The Bertz CT molecular complexity index is 621. The summed E-state index contributed by atoms with van der Waals surface area (Å²) in [4.78, 5) is 14.4. The first-order chi connectivity index (χ1) is 9.38. The lowest BCUT2D eigenvalue weighted by molar-refractivity contribution is -0.137. The van der Waals surface area contributed by atoms with Crippen molar-refractivity contribution in [3.05, 3.63) is 53.7 Å². The molecule has 3 nitrogen and oxygen atoms in total. The van der Waals surface area contributed by atoms with Crippen molar-refractivity contribution in [2.75, 3.05) is 0 Å². The van der Waals surface area contributed by atoms with Crippen LogP contribution in [0, 0.1) is 0 Å². The molecule has 0 unspecified atom stereocenters. The van der Waals surface area contributed by atoms with Crippen LogP contribution in [0.15, 0.2) is 42.6 Å². The molecule has 0 radical (unpaired) electrons. The summed E-state index contributed by atoms with van der Waals surface area (Å²) in [6.07, 6.45) is -3.40. The molecule has 0 atom stereocenters. The molecular weight excluding hydrogens is 271 g/mol. The van der Waals surface area contributed by atoms with Crippen LogP contribution < -0.4 is 0 Å². The summed E-state index contributed by atoms with van der Waals surface area (Å²) in [5, 5.41) is 8.63. The van der Waals surface area contributed by atoms with Gasteiger partial charge in [0, 0.05) is 11.8 Å². The number of aliphatic carboxylic acids is 1. The molecule has 6 heteroatoms. The Labute approximate surface area is 112 Å². The van der Waals surface area contributed by atoms with Crippen LogP contribution in [0.1, 0.15) is 11.1 Å². The molecule has 2 rings (SSSR count). The van der Waals surface area contributed by atoms with Crippen molar-refractivity contribution < 1.29 is 23.1 Å². The number of benzene rings is 1. The van der Waals surface area contributed by atoms with Crippen molar-refractivity contribution in [3.8, 4) is 11.3 Å². The average molecular weight is 281 g/mol. The molecule has 0 amide bonds. The smallest absolute Gasteiger partial charge is 0.417 e. The zero-order chi connectivity index (χ0) is 14.8. The Balaban J connectivity index is 2.40. The summed E-state index contributed by atoms with van der Waals surface area (Å²) in [6, 6.07) is 7.99. The van der Waals surface area contributed by atoms with Crippen LogP contribution in [-0.2, 0) is 17.4 Å². The average Bonchev–Trinajstić information content (AvgIpc) is 2.38. The van der Waals surface area contributed by atoms with Crippen molar-refractivity contribution in [3.63, 3.8) is 0 Å². The maximum atomic E-state index is 12.9. The number of pyridine rings is 1. The van der Waals surface area contributed by atoms with E-state index in [2.05, 4.69) is 4.98 Å². The molecule has 0 saturated heterocycles. The molecule has 1 heterocycles. The van der Waals surface area contributed by atoms with E-state index in [1.165, 1.54) is 36.5 Å². The molecular formula is C14H10F3NO2. The molecule has 0 aliphatic heterocycles. The molecule has 1 aromatic heterocycles. The molecule has 0 fully saturated rings. The van der Waals surface area contributed by atoms with Gasteiger partial charge in [0.05, 0.1) is 17.7 Å². The number of rotatable bonds is 3. The highest BCUT2D eigenvalue weighted by atomic mass is 19.4. The normalized spacial score (nSPS) is 11.3. The number of carboxylic acid groups (broad SMARTS) is 1. The van der Waals surface area contributed by atoms with Gasteiger partial charge in [0.15, 0.2) is 0 Å². The van der Waals surface area contributed by atoms with E-state index >= 15 is 0 Å². The minimum Gasteiger partial charge on any atom is -0.481 e. The lowest BCUT2D eigenvalue weighted by atomic mass is 10.0. The van der Waals surface area contributed by atoms with Gasteiger partial charge in [0.1, 0.15) is 0 Å². The van der Waals surface area contributed by atoms with Gasteiger partial charge >= 0.3 is 12.1 Å². The Morgan fingerprint density at radius 3 is 2.40 bits per heavy atom. The van der Waals surface area contributed by atoms with Crippen LogP contribution >= 0.6 is 0 Å². The first kappa shape index (κ1) is 14.0. The van der Waals surface area contributed by atoms with Gasteiger partial charge in [-0.2, -0.15) is 13.2 Å². The molecule has 0 aliphatic rings. The SMILES string of the molecule is O=C(O)Cc1ccc(-c2ccccc2C(F)(F)F)nc1. The fourth-order valence-corrected chi connectivity index (χ4v) is 1.82.